The molecule has 9 aromatic rings. The van der Waals surface area contributed by atoms with Crippen molar-refractivity contribution in [1.82, 2.24) is 14.5 Å². The number of hydrogen-bond donors (Lipinski definition) is 1. The molecule has 4 nitrogen and oxygen atoms in total. The first kappa shape index (κ1) is 34.8. The van der Waals surface area contributed by atoms with Crippen molar-refractivity contribution in [2.24, 2.45) is 0 Å². The first-order valence-corrected chi connectivity index (χ1v) is 20.8. The van der Waals surface area contributed by atoms with Crippen LogP contribution >= 0.6 is 0 Å². The van der Waals surface area contributed by atoms with Crippen LogP contribution in [-0.2, 0) is 10.8 Å². The lowest BCUT2D eigenvalue weighted by Gasteiger charge is -2.27. The SMILES string of the molecule is [2H]c1c([2H])c(-c2ccnc(-c3cc(-c4ccccc4)cc(-c4cccc5c4nc(-c4cc(C(C)(C)C)cc(C(C)(C)C)c4O)n5-c4ccccc4-c4ccccc4)c3)c2)c([2H])c([2H])c1C. The average Bonchev–Trinajstić information content (AvgIpc) is 3.69. The number of aromatic nitrogens is 3. The van der Waals surface area contributed by atoms with Gasteiger partial charge in [0.05, 0.1) is 33.5 Å². The lowest BCUT2D eigenvalue weighted by molar-refractivity contribution is 0.446. The van der Waals surface area contributed by atoms with Crippen LogP contribution in [0.5, 0.6) is 5.75 Å². The van der Waals surface area contributed by atoms with Crippen LogP contribution in [-0.4, -0.2) is 19.6 Å². The number of hydrogen-bond acceptors (Lipinski definition) is 3. The smallest absolute Gasteiger partial charge is 0.149 e. The molecule has 0 aliphatic carbocycles. The van der Waals surface area contributed by atoms with Crippen LogP contribution in [0.15, 0.2) is 176 Å². The first-order valence-electron chi connectivity index (χ1n) is 22.8. The van der Waals surface area contributed by atoms with E-state index in [4.69, 9.17) is 15.5 Å². The molecule has 0 aliphatic rings. The lowest BCUT2D eigenvalue weighted by Crippen LogP contribution is -2.17. The van der Waals surface area contributed by atoms with E-state index < -0.39 is 0 Å². The molecule has 300 valence electrons. The van der Waals surface area contributed by atoms with Crippen molar-refractivity contribution >= 4 is 11.0 Å². The third-order valence-corrected chi connectivity index (χ3v) is 11.4. The monoisotopic (exact) mass is 797 g/mol. The summed E-state index contributed by atoms with van der Waals surface area (Å²) < 4.78 is 36.9. The van der Waals surface area contributed by atoms with Crippen molar-refractivity contribution < 1.29 is 10.6 Å². The molecule has 1 N–H and O–H groups in total. The minimum atomic E-state index is -0.361. The molecular formula is C57H51N3O. The summed E-state index contributed by atoms with van der Waals surface area (Å²) in [7, 11) is 0. The van der Waals surface area contributed by atoms with Crippen molar-refractivity contribution in [3.63, 3.8) is 0 Å². The molecule has 4 heteroatoms. The van der Waals surface area contributed by atoms with Crippen molar-refractivity contribution in [1.29, 1.82) is 0 Å². The van der Waals surface area contributed by atoms with Gasteiger partial charge >= 0.3 is 0 Å². The van der Waals surface area contributed by atoms with Crippen LogP contribution in [0.2, 0.25) is 0 Å². The first-order chi connectivity index (χ1) is 31.0. The number of aromatic hydroxyl groups is 1. The molecule has 0 amide bonds. The summed E-state index contributed by atoms with van der Waals surface area (Å²) in [6.45, 7) is 14.6. The molecule has 0 radical (unpaired) electrons. The average molecular weight is 798 g/mol. The van der Waals surface area contributed by atoms with E-state index in [1.165, 1.54) is 0 Å². The molecule has 2 heterocycles. The number of fused-ring (bicyclic) bond motifs is 1. The van der Waals surface area contributed by atoms with Crippen molar-refractivity contribution in [2.75, 3.05) is 0 Å². The molecule has 0 saturated heterocycles. The molecule has 0 spiro atoms. The van der Waals surface area contributed by atoms with Gasteiger partial charge in [0.2, 0.25) is 0 Å². The van der Waals surface area contributed by atoms with Crippen LogP contribution in [0.25, 0.3) is 83.9 Å². The Morgan fingerprint density at radius 1 is 0.525 bits per heavy atom. The predicted molar refractivity (Wildman–Crippen MR) is 255 cm³/mol. The Bertz CT molecular complexity index is 3260. The van der Waals surface area contributed by atoms with Crippen LogP contribution in [0, 0.1) is 6.92 Å². The maximum Gasteiger partial charge on any atom is 0.149 e. The standard InChI is InChI=1S/C57H51N3O/c1-37-25-27-39(28-26-37)41-29-30-58-50(34-41)44-32-42(38-17-10-8-11-18-38)31-43(33-44)47-22-16-24-52-53(47)59-55(48-35-45(56(2,3)4)36-49(54(48)61)57(5,6)7)60(52)51-23-15-14-21-46(51)40-19-12-9-13-20-40/h8-36,61H,1-7H3/i25D,26D,27D,28D. The molecule has 2 aromatic heterocycles. The highest BCUT2D eigenvalue weighted by Gasteiger charge is 2.29. The zero-order valence-corrected chi connectivity index (χ0v) is 35.7. The number of para-hydroxylation sites is 2. The number of pyridine rings is 1. The van der Waals surface area contributed by atoms with Gasteiger partial charge in [0.1, 0.15) is 11.6 Å². The molecule has 0 aliphatic heterocycles. The second-order valence-electron chi connectivity index (χ2n) is 17.8. The highest BCUT2D eigenvalue weighted by atomic mass is 16.3. The minimum absolute atomic E-state index is 0.0564. The second kappa shape index (κ2) is 15.5. The summed E-state index contributed by atoms with van der Waals surface area (Å²) in [5.41, 5.74) is 12.9. The van der Waals surface area contributed by atoms with Crippen molar-refractivity contribution in [3.8, 4) is 78.6 Å². The molecule has 0 saturated carbocycles. The van der Waals surface area contributed by atoms with Gasteiger partial charge in [0, 0.05) is 28.5 Å². The molecule has 0 fully saturated rings. The fourth-order valence-corrected chi connectivity index (χ4v) is 8.09. The fourth-order valence-electron chi connectivity index (χ4n) is 8.09. The summed E-state index contributed by atoms with van der Waals surface area (Å²) in [5, 5.41) is 12.4. The van der Waals surface area contributed by atoms with Crippen LogP contribution < -0.4 is 0 Å². The summed E-state index contributed by atoms with van der Waals surface area (Å²) in [5.74, 6) is 0.826. The summed E-state index contributed by atoms with van der Waals surface area (Å²) in [4.78, 5) is 10.4. The van der Waals surface area contributed by atoms with Gasteiger partial charge in [-0.15, -0.1) is 0 Å². The number of phenols is 1. The molecule has 9 rings (SSSR count). The minimum Gasteiger partial charge on any atom is -0.507 e. The maximum atomic E-state index is 12.4. The highest BCUT2D eigenvalue weighted by molar-refractivity contribution is 5.98. The third kappa shape index (κ3) is 7.66. The predicted octanol–water partition coefficient (Wildman–Crippen LogP) is 15.0. The Labute approximate surface area is 365 Å². The lowest BCUT2D eigenvalue weighted by atomic mass is 9.79. The number of phenolic OH excluding ortho intramolecular Hbond substituents is 1. The van der Waals surface area contributed by atoms with Gasteiger partial charge in [-0.3, -0.25) is 9.55 Å². The molecular weight excluding hydrogens is 743 g/mol. The summed E-state index contributed by atoms with van der Waals surface area (Å²) in [6, 6.07) is 49.0. The van der Waals surface area contributed by atoms with Gasteiger partial charge in [-0.25, -0.2) is 4.98 Å². The Kier molecular flexibility index (Phi) is 8.85. The van der Waals surface area contributed by atoms with E-state index in [1.807, 2.05) is 48.5 Å². The van der Waals surface area contributed by atoms with E-state index in [2.05, 4.69) is 137 Å². The van der Waals surface area contributed by atoms with E-state index in [0.717, 1.165) is 66.8 Å². The number of rotatable bonds is 7. The van der Waals surface area contributed by atoms with Gasteiger partial charge in [-0.1, -0.05) is 168 Å². The highest BCUT2D eigenvalue weighted by Crippen LogP contribution is 2.46. The van der Waals surface area contributed by atoms with Crippen LogP contribution in [0.4, 0.5) is 0 Å². The van der Waals surface area contributed by atoms with E-state index in [0.29, 0.717) is 28.2 Å². The van der Waals surface area contributed by atoms with E-state index in [9.17, 15) is 5.11 Å². The van der Waals surface area contributed by atoms with Gasteiger partial charge in [-0.2, -0.15) is 0 Å². The van der Waals surface area contributed by atoms with E-state index in [1.54, 1.807) is 19.2 Å². The topological polar surface area (TPSA) is 50.9 Å². The third-order valence-electron chi connectivity index (χ3n) is 11.4. The van der Waals surface area contributed by atoms with Crippen LogP contribution in [0.1, 0.15) is 63.7 Å². The Hall–Kier alpha value is -7.04. The normalized spacial score (nSPS) is 12.8. The van der Waals surface area contributed by atoms with Gasteiger partial charge in [0.25, 0.3) is 0 Å². The molecule has 61 heavy (non-hydrogen) atoms. The molecule has 7 aromatic carbocycles. The zero-order valence-electron chi connectivity index (χ0n) is 39.7. The van der Waals surface area contributed by atoms with Crippen molar-refractivity contribution in [3.05, 3.63) is 193 Å². The number of benzene rings is 7. The molecule has 0 unspecified atom stereocenters. The second-order valence-corrected chi connectivity index (χ2v) is 17.8. The van der Waals surface area contributed by atoms with E-state index >= 15 is 0 Å². The van der Waals surface area contributed by atoms with Gasteiger partial charge < -0.3 is 5.11 Å². The Morgan fingerprint density at radius 3 is 1.87 bits per heavy atom. The zero-order chi connectivity index (χ0) is 45.9. The van der Waals surface area contributed by atoms with Crippen LogP contribution in [0.3, 0.4) is 0 Å². The maximum absolute atomic E-state index is 12.4. The Morgan fingerprint density at radius 2 is 1.16 bits per heavy atom. The largest absolute Gasteiger partial charge is 0.507 e. The molecule has 0 bridgehead atoms. The fraction of sp³-hybridized carbons (Fsp3) is 0.158. The number of imidazole rings is 1. The quantitative estimate of drug-likeness (QED) is 0.175. The van der Waals surface area contributed by atoms with Crippen molar-refractivity contribution in [2.45, 2.75) is 59.3 Å². The number of nitrogens with zero attached hydrogens (tertiary/aromatic N) is 3. The van der Waals surface area contributed by atoms with Gasteiger partial charge in [0.15, 0.2) is 0 Å². The van der Waals surface area contributed by atoms with Gasteiger partial charge in [-0.05, 0) is 105 Å². The molecule has 0 atom stereocenters. The summed E-state index contributed by atoms with van der Waals surface area (Å²) in [6.07, 6.45) is 1.66. The summed E-state index contributed by atoms with van der Waals surface area (Å²) >= 11 is 0. The Balaban J connectivity index is 1.34. The van der Waals surface area contributed by atoms with E-state index in [-0.39, 0.29) is 46.3 Å².